The van der Waals surface area contributed by atoms with Crippen LogP contribution >= 0.6 is 11.8 Å². The first-order valence-electron chi connectivity index (χ1n) is 9.16. The van der Waals surface area contributed by atoms with Gasteiger partial charge in [0.1, 0.15) is 0 Å². The van der Waals surface area contributed by atoms with Gasteiger partial charge in [-0.25, -0.2) is 0 Å². The van der Waals surface area contributed by atoms with Crippen molar-refractivity contribution in [3.63, 3.8) is 0 Å². The third kappa shape index (κ3) is 5.10. The Labute approximate surface area is 168 Å². The van der Waals surface area contributed by atoms with E-state index in [1.165, 1.54) is 4.90 Å². The molecular formula is C22H22N2O3S. The van der Waals surface area contributed by atoms with Gasteiger partial charge in [0.25, 0.3) is 11.1 Å². The lowest BCUT2D eigenvalue weighted by Crippen LogP contribution is -2.37. The Morgan fingerprint density at radius 1 is 1.07 bits per heavy atom. The molecule has 0 aromatic heterocycles. The van der Waals surface area contributed by atoms with Gasteiger partial charge in [-0.15, -0.1) is 0 Å². The highest BCUT2D eigenvalue weighted by Crippen LogP contribution is 2.31. The van der Waals surface area contributed by atoms with Crippen molar-refractivity contribution >= 4 is 34.9 Å². The van der Waals surface area contributed by atoms with E-state index >= 15 is 0 Å². The van der Waals surface area contributed by atoms with Gasteiger partial charge in [0.05, 0.1) is 4.91 Å². The van der Waals surface area contributed by atoms with Crippen molar-refractivity contribution in [1.82, 2.24) is 10.2 Å². The minimum absolute atomic E-state index is 0.0943. The maximum absolute atomic E-state index is 12.5. The minimum Gasteiger partial charge on any atom is -0.354 e. The monoisotopic (exact) mass is 394 g/mol. The number of hydrogen-bond donors (Lipinski definition) is 1. The Kier molecular flexibility index (Phi) is 6.66. The van der Waals surface area contributed by atoms with Crippen molar-refractivity contribution < 1.29 is 14.4 Å². The van der Waals surface area contributed by atoms with Gasteiger partial charge in [-0.3, -0.25) is 19.3 Å². The Bertz CT molecular complexity index is 881. The summed E-state index contributed by atoms with van der Waals surface area (Å²) < 4.78 is 0. The van der Waals surface area contributed by atoms with E-state index in [4.69, 9.17) is 0 Å². The molecule has 1 fully saturated rings. The molecule has 1 N–H and O–H groups in total. The third-order valence-corrected chi connectivity index (χ3v) is 5.40. The van der Waals surface area contributed by atoms with Crippen molar-refractivity contribution in [3.8, 4) is 0 Å². The summed E-state index contributed by atoms with van der Waals surface area (Å²) in [5.41, 5.74) is 1.98. The zero-order valence-corrected chi connectivity index (χ0v) is 16.4. The number of amides is 3. The van der Waals surface area contributed by atoms with E-state index in [2.05, 4.69) is 5.32 Å². The van der Waals surface area contributed by atoms with E-state index in [1.54, 1.807) is 6.08 Å². The van der Waals surface area contributed by atoms with Gasteiger partial charge in [0.2, 0.25) is 5.91 Å². The van der Waals surface area contributed by atoms with E-state index < -0.39 is 0 Å². The lowest BCUT2D eigenvalue weighted by molar-refractivity contribution is -0.124. The Balaban J connectivity index is 1.49. The molecule has 0 bridgehead atoms. The molecule has 1 saturated heterocycles. The van der Waals surface area contributed by atoms with Gasteiger partial charge < -0.3 is 5.32 Å². The summed E-state index contributed by atoms with van der Waals surface area (Å²) in [6.45, 7) is 2.42. The molecule has 0 saturated carbocycles. The molecular weight excluding hydrogens is 372 g/mol. The van der Waals surface area contributed by atoms with Crippen LogP contribution in [0.5, 0.6) is 0 Å². The third-order valence-electron chi connectivity index (χ3n) is 4.49. The lowest BCUT2D eigenvalue weighted by atomic mass is 9.98. The van der Waals surface area contributed by atoms with Crippen LogP contribution in [-0.4, -0.2) is 35.0 Å². The molecule has 2 aromatic carbocycles. The Morgan fingerprint density at radius 2 is 1.71 bits per heavy atom. The van der Waals surface area contributed by atoms with Crippen molar-refractivity contribution in [2.45, 2.75) is 19.3 Å². The van der Waals surface area contributed by atoms with Gasteiger partial charge in [-0.05, 0) is 34.9 Å². The SMILES string of the molecule is C[C@H](CC(=O)NCCN1C(=O)S/C(=C\c2ccccc2)C1=O)c1ccccc1. The van der Waals surface area contributed by atoms with Crippen LogP contribution in [0.2, 0.25) is 0 Å². The number of imide groups is 1. The van der Waals surface area contributed by atoms with E-state index in [9.17, 15) is 14.4 Å². The quantitative estimate of drug-likeness (QED) is 0.720. The smallest absolute Gasteiger partial charge is 0.293 e. The lowest BCUT2D eigenvalue weighted by Gasteiger charge is -2.15. The summed E-state index contributed by atoms with van der Waals surface area (Å²) in [6.07, 6.45) is 2.07. The van der Waals surface area contributed by atoms with Crippen LogP contribution in [-0.2, 0) is 9.59 Å². The van der Waals surface area contributed by atoms with Crippen molar-refractivity contribution in [2.24, 2.45) is 0 Å². The summed E-state index contributed by atoms with van der Waals surface area (Å²) >= 11 is 0.929. The van der Waals surface area contributed by atoms with E-state index in [-0.39, 0.29) is 36.1 Å². The highest BCUT2D eigenvalue weighted by molar-refractivity contribution is 8.18. The molecule has 1 atom stereocenters. The molecule has 144 valence electrons. The second-order valence-electron chi connectivity index (χ2n) is 6.61. The average molecular weight is 394 g/mol. The molecule has 3 rings (SSSR count). The second kappa shape index (κ2) is 9.37. The summed E-state index contributed by atoms with van der Waals surface area (Å²) in [5.74, 6) is -0.305. The number of thioether (sulfide) groups is 1. The maximum Gasteiger partial charge on any atom is 0.293 e. The fourth-order valence-corrected chi connectivity index (χ4v) is 3.82. The molecule has 0 radical (unpaired) electrons. The van der Waals surface area contributed by atoms with Crippen molar-refractivity contribution in [1.29, 1.82) is 0 Å². The fraction of sp³-hybridized carbons (Fsp3) is 0.227. The molecule has 0 spiro atoms. The maximum atomic E-state index is 12.5. The van der Waals surface area contributed by atoms with Gasteiger partial charge in [-0.2, -0.15) is 0 Å². The van der Waals surface area contributed by atoms with Gasteiger partial charge in [0, 0.05) is 19.5 Å². The molecule has 1 aliphatic heterocycles. The normalized spacial score (nSPS) is 16.5. The molecule has 2 aromatic rings. The summed E-state index contributed by atoms with van der Waals surface area (Å²) in [5, 5.41) is 2.50. The highest BCUT2D eigenvalue weighted by atomic mass is 32.2. The molecule has 3 amide bonds. The minimum atomic E-state index is -0.314. The molecule has 0 aliphatic carbocycles. The van der Waals surface area contributed by atoms with Gasteiger partial charge >= 0.3 is 0 Å². The fourth-order valence-electron chi connectivity index (χ4n) is 2.95. The van der Waals surface area contributed by atoms with E-state index in [0.717, 1.165) is 22.9 Å². The van der Waals surface area contributed by atoms with Gasteiger partial charge in [0.15, 0.2) is 0 Å². The predicted molar refractivity (Wildman–Crippen MR) is 112 cm³/mol. The molecule has 5 nitrogen and oxygen atoms in total. The largest absolute Gasteiger partial charge is 0.354 e. The first kappa shape index (κ1) is 19.9. The van der Waals surface area contributed by atoms with Crippen LogP contribution in [0.15, 0.2) is 65.6 Å². The van der Waals surface area contributed by atoms with E-state index in [1.807, 2.05) is 67.6 Å². The molecule has 0 unspecified atom stereocenters. The average Bonchev–Trinajstić information content (AvgIpc) is 2.96. The summed E-state index contributed by atoms with van der Waals surface area (Å²) in [7, 11) is 0. The Morgan fingerprint density at radius 3 is 2.39 bits per heavy atom. The number of nitrogens with one attached hydrogen (secondary N) is 1. The molecule has 28 heavy (non-hydrogen) atoms. The molecule has 1 aliphatic rings. The number of carbonyl (C=O) groups excluding carboxylic acids is 3. The van der Waals surface area contributed by atoms with Crippen LogP contribution in [0.4, 0.5) is 4.79 Å². The molecule has 1 heterocycles. The molecule has 6 heteroatoms. The highest BCUT2D eigenvalue weighted by Gasteiger charge is 2.34. The zero-order valence-electron chi connectivity index (χ0n) is 15.6. The zero-order chi connectivity index (χ0) is 19.9. The van der Waals surface area contributed by atoms with Crippen LogP contribution < -0.4 is 5.32 Å². The first-order valence-corrected chi connectivity index (χ1v) is 9.98. The number of carbonyl (C=O) groups is 3. The number of hydrogen-bond acceptors (Lipinski definition) is 4. The number of benzene rings is 2. The topological polar surface area (TPSA) is 66.5 Å². The Hall–Kier alpha value is -2.86. The van der Waals surface area contributed by atoms with Crippen molar-refractivity contribution in [2.75, 3.05) is 13.1 Å². The standard InChI is InChI=1S/C22H22N2O3S/c1-16(18-10-6-3-7-11-18)14-20(25)23-12-13-24-21(26)19(28-22(24)27)15-17-8-4-2-5-9-17/h2-11,15-16H,12-14H2,1H3,(H,23,25)/b19-15-/t16-/m1/s1. The number of rotatable bonds is 7. The number of nitrogens with zero attached hydrogens (tertiary/aromatic N) is 1. The van der Waals surface area contributed by atoms with Crippen LogP contribution in [0, 0.1) is 0 Å². The van der Waals surface area contributed by atoms with Crippen molar-refractivity contribution in [3.05, 3.63) is 76.7 Å². The van der Waals surface area contributed by atoms with Crippen LogP contribution in [0.3, 0.4) is 0 Å². The van der Waals surface area contributed by atoms with E-state index in [0.29, 0.717) is 11.3 Å². The van der Waals surface area contributed by atoms with Gasteiger partial charge in [-0.1, -0.05) is 67.6 Å². The van der Waals surface area contributed by atoms with Crippen LogP contribution in [0.1, 0.15) is 30.4 Å². The summed E-state index contributed by atoms with van der Waals surface area (Å²) in [6, 6.07) is 19.2. The van der Waals surface area contributed by atoms with Crippen LogP contribution in [0.25, 0.3) is 6.08 Å². The predicted octanol–water partition coefficient (Wildman–Crippen LogP) is 4.03. The first-order chi connectivity index (χ1) is 13.5. The summed E-state index contributed by atoms with van der Waals surface area (Å²) in [4.78, 5) is 38.3. The second-order valence-corrected chi connectivity index (χ2v) is 7.60.